The summed E-state index contributed by atoms with van der Waals surface area (Å²) < 4.78 is 0. The molecule has 1 atom stereocenters. The highest BCUT2D eigenvalue weighted by Gasteiger charge is 2.33. The van der Waals surface area contributed by atoms with E-state index in [0.29, 0.717) is 27.8 Å². The van der Waals surface area contributed by atoms with Crippen molar-refractivity contribution >= 4 is 46.8 Å². The van der Waals surface area contributed by atoms with Gasteiger partial charge in [0, 0.05) is 39.9 Å². The van der Waals surface area contributed by atoms with Gasteiger partial charge in [-0.2, -0.15) is 0 Å². The second-order valence-electron chi connectivity index (χ2n) is 10.1. The molecule has 0 bridgehead atoms. The average molecular weight is 558 g/mol. The van der Waals surface area contributed by atoms with E-state index in [9.17, 15) is 9.59 Å². The Balaban J connectivity index is 1.93. The molecule has 0 heterocycles. The summed E-state index contributed by atoms with van der Waals surface area (Å²) in [4.78, 5) is 29.0. The van der Waals surface area contributed by atoms with Crippen molar-refractivity contribution in [2.45, 2.75) is 58.0 Å². The quantitative estimate of drug-likeness (QED) is 0.290. The van der Waals surface area contributed by atoms with Crippen molar-refractivity contribution in [2.24, 2.45) is 0 Å². The van der Waals surface area contributed by atoms with Gasteiger partial charge in [-0.1, -0.05) is 83.9 Å². The topological polar surface area (TPSA) is 49.4 Å². The summed E-state index contributed by atoms with van der Waals surface area (Å²) in [7, 11) is 0. The maximum atomic E-state index is 13.8. The molecule has 0 saturated heterocycles. The van der Waals surface area contributed by atoms with E-state index in [0.717, 1.165) is 5.56 Å². The summed E-state index contributed by atoms with van der Waals surface area (Å²) in [6.45, 7) is 7.99. The lowest BCUT2D eigenvalue weighted by Crippen LogP contribution is -2.54. The average Bonchev–Trinajstić information content (AvgIpc) is 2.83. The Morgan fingerprint density at radius 2 is 1.54 bits per heavy atom. The molecule has 0 saturated carbocycles. The number of nitrogens with one attached hydrogen (secondary N) is 1. The molecule has 0 aromatic heterocycles. The van der Waals surface area contributed by atoms with Crippen molar-refractivity contribution in [2.75, 3.05) is 5.75 Å². The van der Waals surface area contributed by atoms with Crippen molar-refractivity contribution in [3.05, 3.63) is 105 Å². The van der Waals surface area contributed by atoms with Gasteiger partial charge in [-0.15, -0.1) is 11.8 Å². The number of carbonyl (C=O) groups is 2. The minimum absolute atomic E-state index is 0.136. The third-order valence-electron chi connectivity index (χ3n) is 5.90. The molecule has 0 aliphatic heterocycles. The van der Waals surface area contributed by atoms with Crippen LogP contribution in [0, 0.1) is 6.92 Å². The molecule has 4 nitrogen and oxygen atoms in total. The highest BCUT2D eigenvalue weighted by Crippen LogP contribution is 2.28. The van der Waals surface area contributed by atoms with Gasteiger partial charge in [-0.25, -0.2) is 0 Å². The van der Waals surface area contributed by atoms with E-state index < -0.39 is 11.6 Å². The molecule has 3 aromatic carbocycles. The first-order valence-corrected chi connectivity index (χ1v) is 14.2. The van der Waals surface area contributed by atoms with Crippen LogP contribution in [-0.2, 0) is 28.3 Å². The van der Waals surface area contributed by atoms with Gasteiger partial charge in [0.25, 0.3) is 0 Å². The van der Waals surface area contributed by atoms with Gasteiger partial charge >= 0.3 is 0 Å². The summed E-state index contributed by atoms with van der Waals surface area (Å²) in [5, 5.41) is 4.00. The van der Waals surface area contributed by atoms with E-state index in [-0.39, 0.29) is 24.1 Å². The van der Waals surface area contributed by atoms with Crippen LogP contribution in [0.25, 0.3) is 0 Å². The molecule has 0 aliphatic carbocycles. The van der Waals surface area contributed by atoms with E-state index in [4.69, 9.17) is 23.2 Å². The number of hydrogen-bond acceptors (Lipinski definition) is 3. The summed E-state index contributed by atoms with van der Waals surface area (Å²) in [5.41, 5.74) is 3.51. The standard InChI is InChI=1S/C30H34Cl2N2O2S/c1-21-11-8-9-14-23(21)19-37-20-28(35)34(18-24-25(31)15-10-16-26(24)32)27(29(36)33-30(2,3)4)17-22-12-6-5-7-13-22/h5-16,27H,17-20H2,1-4H3,(H,33,36)/t27-/m1/s1. The SMILES string of the molecule is Cc1ccccc1CSCC(=O)N(Cc1c(Cl)cccc1Cl)[C@H](Cc1ccccc1)C(=O)NC(C)(C)C. The lowest BCUT2D eigenvalue weighted by molar-refractivity contribution is -0.140. The highest BCUT2D eigenvalue weighted by molar-refractivity contribution is 7.99. The Morgan fingerprint density at radius 1 is 0.919 bits per heavy atom. The Kier molecular flexibility index (Phi) is 10.5. The van der Waals surface area contributed by atoms with E-state index in [1.165, 1.54) is 22.9 Å². The Hall–Kier alpha value is -2.47. The molecule has 1 N–H and O–H groups in total. The zero-order valence-corrected chi connectivity index (χ0v) is 24.1. The Morgan fingerprint density at radius 3 is 2.16 bits per heavy atom. The fraction of sp³-hybridized carbons (Fsp3) is 0.333. The first-order chi connectivity index (χ1) is 17.5. The van der Waals surface area contributed by atoms with Crippen LogP contribution >= 0.6 is 35.0 Å². The number of rotatable bonds is 10. The number of benzene rings is 3. The normalized spacial score (nSPS) is 12.2. The van der Waals surface area contributed by atoms with Crippen molar-refractivity contribution < 1.29 is 9.59 Å². The fourth-order valence-electron chi connectivity index (χ4n) is 3.96. The van der Waals surface area contributed by atoms with Crippen LogP contribution in [0.1, 0.15) is 43.0 Å². The molecular weight excluding hydrogens is 523 g/mol. The molecule has 0 unspecified atom stereocenters. The molecular formula is C30H34Cl2N2O2S. The third kappa shape index (κ3) is 8.80. The molecule has 0 spiro atoms. The Bertz CT molecular complexity index is 1190. The zero-order valence-electron chi connectivity index (χ0n) is 21.8. The minimum Gasteiger partial charge on any atom is -0.350 e. The van der Waals surface area contributed by atoms with Crippen molar-refractivity contribution in [1.29, 1.82) is 0 Å². The van der Waals surface area contributed by atoms with E-state index in [2.05, 4.69) is 24.4 Å². The maximum absolute atomic E-state index is 13.8. The summed E-state index contributed by atoms with van der Waals surface area (Å²) in [6.07, 6.45) is 0.374. The zero-order chi connectivity index (χ0) is 27.0. The molecule has 37 heavy (non-hydrogen) atoms. The van der Waals surface area contributed by atoms with E-state index >= 15 is 0 Å². The van der Waals surface area contributed by atoms with Crippen LogP contribution in [-0.4, -0.2) is 34.0 Å². The molecule has 196 valence electrons. The first kappa shape index (κ1) is 29.1. The molecule has 0 radical (unpaired) electrons. The summed E-state index contributed by atoms with van der Waals surface area (Å²) >= 11 is 14.5. The number of amides is 2. The summed E-state index contributed by atoms with van der Waals surface area (Å²) in [5.74, 6) is 0.581. The number of carbonyl (C=O) groups excluding carboxylic acids is 2. The molecule has 3 aromatic rings. The minimum atomic E-state index is -0.736. The first-order valence-electron chi connectivity index (χ1n) is 12.3. The maximum Gasteiger partial charge on any atom is 0.243 e. The largest absolute Gasteiger partial charge is 0.350 e. The fourth-order valence-corrected chi connectivity index (χ4v) is 5.47. The third-order valence-corrected chi connectivity index (χ3v) is 7.58. The lowest BCUT2D eigenvalue weighted by Gasteiger charge is -2.34. The van der Waals surface area contributed by atoms with Crippen molar-refractivity contribution in [3.8, 4) is 0 Å². The molecule has 0 fully saturated rings. The van der Waals surface area contributed by atoms with Gasteiger partial charge < -0.3 is 10.2 Å². The van der Waals surface area contributed by atoms with Crippen molar-refractivity contribution in [1.82, 2.24) is 10.2 Å². The predicted molar refractivity (Wildman–Crippen MR) is 156 cm³/mol. The van der Waals surface area contributed by atoms with Gasteiger partial charge in [-0.3, -0.25) is 9.59 Å². The van der Waals surface area contributed by atoms with E-state index in [1.807, 2.05) is 63.2 Å². The second kappa shape index (κ2) is 13.4. The number of thioether (sulfide) groups is 1. The molecule has 3 rings (SSSR count). The number of halogens is 2. The van der Waals surface area contributed by atoms with Crippen LogP contribution in [0.5, 0.6) is 0 Å². The monoisotopic (exact) mass is 556 g/mol. The molecule has 0 aliphatic rings. The summed E-state index contributed by atoms with van der Waals surface area (Å²) in [6, 6.07) is 22.4. The van der Waals surface area contributed by atoms with Gasteiger partial charge in [0.2, 0.25) is 11.8 Å². The van der Waals surface area contributed by atoms with Gasteiger partial charge in [0.1, 0.15) is 6.04 Å². The van der Waals surface area contributed by atoms with Crippen LogP contribution in [0.3, 0.4) is 0 Å². The van der Waals surface area contributed by atoms with Crippen LogP contribution < -0.4 is 5.32 Å². The van der Waals surface area contributed by atoms with Gasteiger partial charge in [-0.05, 0) is 56.5 Å². The highest BCUT2D eigenvalue weighted by atomic mass is 35.5. The van der Waals surface area contributed by atoms with Crippen molar-refractivity contribution in [3.63, 3.8) is 0 Å². The smallest absolute Gasteiger partial charge is 0.243 e. The lowest BCUT2D eigenvalue weighted by atomic mass is 10.0. The number of hydrogen-bond donors (Lipinski definition) is 1. The van der Waals surface area contributed by atoms with Crippen LogP contribution in [0.4, 0.5) is 0 Å². The second-order valence-corrected chi connectivity index (χ2v) is 11.9. The van der Waals surface area contributed by atoms with E-state index in [1.54, 1.807) is 23.1 Å². The predicted octanol–water partition coefficient (Wildman–Crippen LogP) is 7.09. The van der Waals surface area contributed by atoms with Gasteiger partial charge in [0.15, 0.2) is 0 Å². The van der Waals surface area contributed by atoms with Crippen LogP contribution in [0.15, 0.2) is 72.8 Å². The molecule has 7 heteroatoms. The van der Waals surface area contributed by atoms with Gasteiger partial charge in [0.05, 0.1) is 5.75 Å². The number of aryl methyl sites for hydroxylation is 1. The number of nitrogens with zero attached hydrogens (tertiary/aromatic N) is 1. The van der Waals surface area contributed by atoms with Crippen LogP contribution in [0.2, 0.25) is 10.0 Å². The molecule has 2 amide bonds. The Labute approximate surface area is 234 Å².